The zero-order chi connectivity index (χ0) is 24.5. The molecule has 5 nitrogen and oxygen atoms in total. The number of Topliss-reactive ketones (excluding diaryl/α,β-unsaturated/α-hetero) is 1. The van der Waals surface area contributed by atoms with E-state index in [0.29, 0.717) is 24.8 Å². The van der Waals surface area contributed by atoms with Gasteiger partial charge >= 0.3 is 0 Å². The van der Waals surface area contributed by atoms with Gasteiger partial charge < -0.3 is 10.1 Å². The summed E-state index contributed by atoms with van der Waals surface area (Å²) in [6.45, 7) is 3.93. The van der Waals surface area contributed by atoms with E-state index in [2.05, 4.69) is 36.5 Å². The molecule has 0 unspecified atom stereocenters. The van der Waals surface area contributed by atoms with E-state index in [1.54, 1.807) is 12.0 Å². The Morgan fingerprint density at radius 2 is 1.66 bits per heavy atom. The second-order valence-corrected chi connectivity index (χ2v) is 9.27. The first-order valence-corrected chi connectivity index (χ1v) is 12.1. The van der Waals surface area contributed by atoms with Crippen molar-refractivity contribution in [3.63, 3.8) is 0 Å². The normalized spacial score (nSPS) is 19.4. The Hall–Kier alpha value is -3.86. The van der Waals surface area contributed by atoms with Crippen LogP contribution in [0, 0.1) is 6.92 Å². The van der Waals surface area contributed by atoms with Crippen molar-refractivity contribution >= 4 is 23.1 Å². The van der Waals surface area contributed by atoms with Gasteiger partial charge in [0.1, 0.15) is 5.75 Å². The Labute approximate surface area is 206 Å². The number of methoxy groups -OCH3 is 1. The molecule has 0 fully saturated rings. The first kappa shape index (κ1) is 22.9. The molecule has 35 heavy (non-hydrogen) atoms. The molecule has 0 saturated heterocycles. The molecule has 1 aliphatic carbocycles. The van der Waals surface area contributed by atoms with E-state index < -0.39 is 6.04 Å². The smallest absolute Gasteiger partial charge is 0.227 e. The number of fused-ring (bicyclic) bond motifs is 1. The van der Waals surface area contributed by atoms with Crippen LogP contribution in [0.5, 0.6) is 5.75 Å². The lowest BCUT2D eigenvalue weighted by Gasteiger charge is -2.35. The molecule has 0 bridgehead atoms. The fourth-order valence-electron chi connectivity index (χ4n) is 5.21. The number of ether oxygens (including phenoxy) is 1. The minimum Gasteiger partial charge on any atom is -0.497 e. The van der Waals surface area contributed by atoms with Crippen LogP contribution in [-0.4, -0.2) is 18.8 Å². The van der Waals surface area contributed by atoms with Gasteiger partial charge in [-0.1, -0.05) is 61.0 Å². The second-order valence-electron chi connectivity index (χ2n) is 9.27. The molecule has 1 N–H and O–H groups in total. The van der Waals surface area contributed by atoms with E-state index in [1.807, 2.05) is 55.5 Å². The molecule has 0 saturated carbocycles. The predicted octanol–water partition coefficient (Wildman–Crippen LogP) is 6.31. The van der Waals surface area contributed by atoms with Crippen molar-refractivity contribution in [1.82, 2.24) is 0 Å². The third-order valence-corrected chi connectivity index (χ3v) is 7.04. The number of nitrogens with zero attached hydrogens (tertiary/aromatic N) is 1. The van der Waals surface area contributed by atoms with Crippen LogP contribution in [0.4, 0.5) is 11.4 Å². The molecule has 5 rings (SSSR count). The predicted molar refractivity (Wildman–Crippen MR) is 139 cm³/mol. The third-order valence-electron chi connectivity index (χ3n) is 7.04. The molecule has 2 atom stereocenters. The fraction of sp³-hybridized carbons (Fsp3) is 0.267. The Bertz CT molecular complexity index is 1290. The van der Waals surface area contributed by atoms with Gasteiger partial charge in [-0.3, -0.25) is 14.5 Å². The Kier molecular flexibility index (Phi) is 6.16. The zero-order valence-electron chi connectivity index (χ0n) is 20.4. The molecular weight excluding hydrogens is 436 g/mol. The first-order chi connectivity index (χ1) is 17.0. The molecule has 1 aliphatic heterocycles. The van der Waals surface area contributed by atoms with Gasteiger partial charge in [0.15, 0.2) is 5.78 Å². The summed E-state index contributed by atoms with van der Waals surface area (Å²) in [5.74, 6) is 0.874. The molecule has 0 spiro atoms. The second kappa shape index (κ2) is 9.41. The Morgan fingerprint density at radius 3 is 2.34 bits per heavy atom. The largest absolute Gasteiger partial charge is 0.497 e. The number of rotatable bonds is 4. The summed E-state index contributed by atoms with van der Waals surface area (Å²) >= 11 is 0. The monoisotopic (exact) mass is 466 g/mol. The van der Waals surface area contributed by atoms with Gasteiger partial charge in [0.25, 0.3) is 0 Å². The number of allylic oxidation sites excluding steroid dienone is 1. The minimum atomic E-state index is -0.508. The van der Waals surface area contributed by atoms with Crippen LogP contribution in [-0.2, 0) is 9.59 Å². The Balaban J connectivity index is 1.69. The molecule has 0 radical (unpaired) electrons. The van der Waals surface area contributed by atoms with Crippen molar-refractivity contribution < 1.29 is 14.3 Å². The summed E-state index contributed by atoms with van der Waals surface area (Å²) in [6, 6.07) is 23.4. The quantitative estimate of drug-likeness (QED) is 0.489. The van der Waals surface area contributed by atoms with Crippen LogP contribution >= 0.6 is 0 Å². The van der Waals surface area contributed by atoms with E-state index in [9.17, 15) is 9.59 Å². The van der Waals surface area contributed by atoms with Crippen molar-refractivity contribution in [3.05, 3.63) is 101 Å². The van der Waals surface area contributed by atoms with Gasteiger partial charge in [0.05, 0.1) is 24.5 Å². The van der Waals surface area contributed by atoms with Crippen LogP contribution < -0.4 is 15.0 Å². The fourth-order valence-corrected chi connectivity index (χ4v) is 5.21. The lowest BCUT2D eigenvalue weighted by atomic mass is 9.78. The van der Waals surface area contributed by atoms with Crippen LogP contribution in [0.15, 0.2) is 84.1 Å². The maximum Gasteiger partial charge on any atom is 0.227 e. The number of carbonyl (C=O) groups is 2. The molecule has 178 valence electrons. The van der Waals surface area contributed by atoms with Crippen LogP contribution in [0.25, 0.3) is 0 Å². The molecule has 5 heteroatoms. The highest BCUT2D eigenvalue weighted by Gasteiger charge is 2.41. The molecule has 3 aromatic carbocycles. The number of nitrogens with one attached hydrogen (secondary N) is 1. The number of anilines is 2. The summed E-state index contributed by atoms with van der Waals surface area (Å²) in [4.78, 5) is 29.1. The Morgan fingerprint density at radius 1 is 0.971 bits per heavy atom. The average Bonchev–Trinajstić information content (AvgIpc) is 3.03. The van der Waals surface area contributed by atoms with Crippen molar-refractivity contribution in [2.75, 3.05) is 17.3 Å². The van der Waals surface area contributed by atoms with Gasteiger partial charge in [-0.2, -0.15) is 0 Å². The summed E-state index contributed by atoms with van der Waals surface area (Å²) < 4.78 is 5.36. The number of ketones is 1. The van der Waals surface area contributed by atoms with Crippen molar-refractivity contribution in [2.24, 2.45) is 0 Å². The summed E-state index contributed by atoms with van der Waals surface area (Å²) in [5, 5.41) is 3.57. The number of amides is 1. The molecule has 0 aromatic heterocycles. The lowest BCUT2D eigenvalue weighted by molar-refractivity contribution is -0.119. The topological polar surface area (TPSA) is 58.6 Å². The highest BCUT2D eigenvalue weighted by Crippen LogP contribution is 2.47. The highest BCUT2D eigenvalue weighted by molar-refractivity contribution is 6.06. The molecule has 1 amide bonds. The van der Waals surface area contributed by atoms with E-state index in [4.69, 9.17) is 4.74 Å². The average molecular weight is 467 g/mol. The SMILES string of the molecule is CCC(=O)N1c2ccccc2NC2=C(C(=O)C[C@H](c3ccc(C)cc3)C2)[C@H]1c1ccc(OC)cc1. The zero-order valence-corrected chi connectivity index (χ0v) is 20.4. The maximum absolute atomic E-state index is 13.9. The third kappa shape index (κ3) is 4.23. The van der Waals surface area contributed by atoms with Crippen LogP contribution in [0.3, 0.4) is 0 Å². The van der Waals surface area contributed by atoms with Crippen molar-refractivity contribution in [3.8, 4) is 5.75 Å². The van der Waals surface area contributed by atoms with Crippen molar-refractivity contribution in [1.29, 1.82) is 0 Å². The number of para-hydroxylation sites is 2. The maximum atomic E-state index is 13.9. The summed E-state index contributed by atoms with van der Waals surface area (Å²) in [6.07, 6.45) is 1.46. The number of hydrogen-bond acceptors (Lipinski definition) is 4. The van der Waals surface area contributed by atoms with Gasteiger partial charge in [-0.15, -0.1) is 0 Å². The van der Waals surface area contributed by atoms with E-state index in [-0.39, 0.29) is 17.6 Å². The van der Waals surface area contributed by atoms with E-state index >= 15 is 0 Å². The highest BCUT2D eigenvalue weighted by atomic mass is 16.5. The minimum absolute atomic E-state index is 0.0257. The van der Waals surface area contributed by atoms with E-state index in [0.717, 1.165) is 33.9 Å². The summed E-state index contributed by atoms with van der Waals surface area (Å²) in [5.41, 5.74) is 6.45. The number of hydrogen-bond donors (Lipinski definition) is 1. The van der Waals surface area contributed by atoms with Gasteiger partial charge in [-0.25, -0.2) is 0 Å². The lowest BCUT2D eigenvalue weighted by Crippen LogP contribution is -2.38. The number of benzene rings is 3. The van der Waals surface area contributed by atoms with Gasteiger partial charge in [-0.05, 0) is 54.7 Å². The molecule has 1 heterocycles. The molecular formula is C30H30N2O3. The first-order valence-electron chi connectivity index (χ1n) is 12.1. The van der Waals surface area contributed by atoms with Crippen LogP contribution in [0.1, 0.15) is 54.8 Å². The summed E-state index contributed by atoms with van der Waals surface area (Å²) in [7, 11) is 1.63. The van der Waals surface area contributed by atoms with Crippen molar-refractivity contribution in [2.45, 2.75) is 45.1 Å². The van der Waals surface area contributed by atoms with Gasteiger partial charge in [0, 0.05) is 24.1 Å². The van der Waals surface area contributed by atoms with E-state index in [1.165, 1.54) is 5.56 Å². The number of carbonyl (C=O) groups excluding carboxylic acids is 2. The van der Waals surface area contributed by atoms with Crippen LogP contribution in [0.2, 0.25) is 0 Å². The molecule has 3 aromatic rings. The number of aryl methyl sites for hydroxylation is 1. The molecule has 2 aliphatic rings. The standard InChI is InChI=1S/C30H30N2O3/c1-4-28(34)32-26-8-6-5-7-24(26)31-25-17-22(20-11-9-19(2)10-12-20)18-27(33)29(25)30(32)21-13-15-23(35-3)16-14-21/h5-16,22,30-31H,4,17-18H2,1-3H3/t22-,30-/m1/s1. The van der Waals surface area contributed by atoms with Gasteiger partial charge in [0.2, 0.25) is 5.91 Å².